The molecule has 0 radical (unpaired) electrons. The molecule has 0 bridgehead atoms. The molecule has 2 nitrogen and oxygen atoms in total. The lowest BCUT2D eigenvalue weighted by Crippen LogP contribution is -2.40. The highest BCUT2D eigenvalue weighted by Gasteiger charge is 2.09. The van der Waals surface area contributed by atoms with Gasteiger partial charge in [0.1, 0.15) is 0 Å². The summed E-state index contributed by atoms with van der Waals surface area (Å²) in [6.45, 7) is 10.3. The van der Waals surface area contributed by atoms with E-state index in [9.17, 15) is 0 Å². The average Bonchev–Trinajstić information content (AvgIpc) is 2.26. The number of hydrogen-bond acceptors (Lipinski definition) is 2. The maximum absolute atomic E-state index is 3.46. The Hall–Kier alpha value is -0.0800. The van der Waals surface area contributed by atoms with Crippen molar-refractivity contribution in [1.29, 1.82) is 0 Å². The van der Waals surface area contributed by atoms with E-state index in [0.29, 0.717) is 0 Å². The summed E-state index contributed by atoms with van der Waals surface area (Å²) in [4.78, 5) is 0. The molecular weight excluding hydrogens is 160 g/mol. The van der Waals surface area contributed by atoms with E-state index in [1.54, 1.807) is 0 Å². The maximum Gasteiger partial charge on any atom is 0.0192 e. The van der Waals surface area contributed by atoms with Gasteiger partial charge in [-0.3, -0.25) is 0 Å². The lowest BCUT2D eigenvalue weighted by molar-refractivity contribution is 0.392. The Balaban J connectivity index is 0. The minimum absolute atomic E-state index is 0.740. The number of hydrogen-bond donors (Lipinski definition) is 2. The second-order valence-corrected chi connectivity index (χ2v) is 2.70. The van der Waals surface area contributed by atoms with Gasteiger partial charge in [0.2, 0.25) is 0 Å². The van der Waals surface area contributed by atoms with Crippen LogP contribution in [-0.4, -0.2) is 26.2 Å². The minimum atomic E-state index is 0.740. The second-order valence-electron chi connectivity index (χ2n) is 2.70. The van der Waals surface area contributed by atoms with Crippen molar-refractivity contribution in [2.45, 2.75) is 53.0 Å². The SMILES string of the molecule is CC.CC.CNCC1CCCCN1. The van der Waals surface area contributed by atoms with E-state index >= 15 is 0 Å². The fourth-order valence-corrected chi connectivity index (χ4v) is 1.34. The molecule has 1 aliphatic rings. The van der Waals surface area contributed by atoms with E-state index in [1.807, 2.05) is 34.7 Å². The zero-order valence-corrected chi connectivity index (χ0v) is 10.1. The van der Waals surface area contributed by atoms with E-state index in [-0.39, 0.29) is 0 Å². The van der Waals surface area contributed by atoms with Crippen molar-refractivity contribution in [2.24, 2.45) is 0 Å². The monoisotopic (exact) mass is 188 g/mol. The third-order valence-corrected chi connectivity index (χ3v) is 1.86. The molecule has 0 aromatic heterocycles. The molecule has 1 saturated heterocycles. The third kappa shape index (κ3) is 9.84. The van der Waals surface area contributed by atoms with Gasteiger partial charge >= 0.3 is 0 Å². The van der Waals surface area contributed by atoms with E-state index in [4.69, 9.17) is 0 Å². The molecule has 0 aromatic rings. The molecule has 1 fully saturated rings. The van der Waals surface area contributed by atoms with Crippen molar-refractivity contribution < 1.29 is 0 Å². The van der Waals surface area contributed by atoms with Gasteiger partial charge in [-0.15, -0.1) is 0 Å². The van der Waals surface area contributed by atoms with Crippen molar-refractivity contribution in [1.82, 2.24) is 10.6 Å². The summed E-state index contributed by atoms with van der Waals surface area (Å²) in [5.41, 5.74) is 0. The molecular formula is C11H28N2. The topological polar surface area (TPSA) is 24.1 Å². The molecule has 0 spiro atoms. The van der Waals surface area contributed by atoms with Crippen LogP contribution in [0.1, 0.15) is 47.0 Å². The summed E-state index contributed by atoms with van der Waals surface area (Å²) in [7, 11) is 2.01. The van der Waals surface area contributed by atoms with Gasteiger partial charge in [0, 0.05) is 12.6 Å². The molecule has 1 rings (SSSR count). The lowest BCUT2D eigenvalue weighted by atomic mass is 10.1. The Bertz CT molecular complexity index is 65.7. The van der Waals surface area contributed by atoms with Crippen molar-refractivity contribution >= 4 is 0 Å². The van der Waals surface area contributed by atoms with Crippen LogP contribution in [0.3, 0.4) is 0 Å². The van der Waals surface area contributed by atoms with E-state index in [2.05, 4.69) is 10.6 Å². The van der Waals surface area contributed by atoms with Crippen LogP contribution >= 0.6 is 0 Å². The van der Waals surface area contributed by atoms with Crippen LogP contribution in [0, 0.1) is 0 Å². The van der Waals surface area contributed by atoms with Gasteiger partial charge in [0.15, 0.2) is 0 Å². The van der Waals surface area contributed by atoms with Crippen LogP contribution in [0.25, 0.3) is 0 Å². The standard InChI is InChI=1S/C7H16N2.2C2H6/c1-8-6-7-4-2-3-5-9-7;2*1-2/h7-9H,2-6H2,1H3;2*1-2H3. The zero-order valence-electron chi connectivity index (χ0n) is 10.1. The highest BCUT2D eigenvalue weighted by molar-refractivity contribution is 4.72. The summed E-state index contributed by atoms with van der Waals surface area (Å²) in [6.07, 6.45) is 4.11. The van der Waals surface area contributed by atoms with Crippen LogP contribution in [0.15, 0.2) is 0 Å². The van der Waals surface area contributed by atoms with Crippen LogP contribution in [0.4, 0.5) is 0 Å². The van der Waals surface area contributed by atoms with Crippen molar-refractivity contribution in [3.63, 3.8) is 0 Å². The highest BCUT2D eigenvalue weighted by atomic mass is 15.0. The first-order valence-corrected chi connectivity index (χ1v) is 5.81. The zero-order chi connectivity index (χ0) is 10.5. The quantitative estimate of drug-likeness (QED) is 0.695. The smallest absolute Gasteiger partial charge is 0.0192 e. The molecule has 1 aliphatic heterocycles. The Labute approximate surface area is 84.5 Å². The number of nitrogens with one attached hydrogen (secondary N) is 2. The molecule has 2 N–H and O–H groups in total. The maximum atomic E-state index is 3.46. The molecule has 13 heavy (non-hydrogen) atoms. The van der Waals surface area contributed by atoms with Crippen LogP contribution in [0.2, 0.25) is 0 Å². The number of piperidine rings is 1. The Morgan fingerprint density at radius 2 is 1.77 bits per heavy atom. The van der Waals surface area contributed by atoms with Gasteiger partial charge in [0.25, 0.3) is 0 Å². The van der Waals surface area contributed by atoms with Crippen LogP contribution < -0.4 is 10.6 Å². The predicted molar refractivity (Wildman–Crippen MR) is 62.3 cm³/mol. The van der Waals surface area contributed by atoms with Gasteiger partial charge in [-0.2, -0.15) is 0 Å². The molecule has 0 saturated carbocycles. The molecule has 0 aromatic carbocycles. The summed E-state index contributed by atoms with van der Waals surface area (Å²) < 4.78 is 0. The first kappa shape index (κ1) is 15.4. The normalized spacial score (nSPS) is 20.5. The molecule has 1 heterocycles. The van der Waals surface area contributed by atoms with Gasteiger partial charge in [0.05, 0.1) is 0 Å². The van der Waals surface area contributed by atoms with Crippen molar-refractivity contribution in [3.05, 3.63) is 0 Å². The summed E-state index contributed by atoms with van der Waals surface area (Å²) in [5, 5.41) is 6.63. The highest BCUT2D eigenvalue weighted by Crippen LogP contribution is 2.04. The minimum Gasteiger partial charge on any atom is -0.318 e. The molecule has 82 valence electrons. The van der Waals surface area contributed by atoms with Gasteiger partial charge < -0.3 is 10.6 Å². The van der Waals surface area contributed by atoms with Crippen molar-refractivity contribution in [3.8, 4) is 0 Å². The molecule has 0 aliphatic carbocycles. The lowest BCUT2D eigenvalue weighted by Gasteiger charge is -2.22. The molecule has 2 heteroatoms. The van der Waals surface area contributed by atoms with Crippen molar-refractivity contribution in [2.75, 3.05) is 20.1 Å². The first-order valence-electron chi connectivity index (χ1n) is 5.81. The van der Waals surface area contributed by atoms with E-state index in [0.717, 1.165) is 12.6 Å². The molecule has 1 unspecified atom stereocenters. The summed E-state index contributed by atoms with van der Waals surface area (Å²) >= 11 is 0. The molecule has 0 amide bonds. The van der Waals surface area contributed by atoms with Gasteiger partial charge in [-0.25, -0.2) is 0 Å². The van der Waals surface area contributed by atoms with E-state index in [1.165, 1.54) is 25.8 Å². The second kappa shape index (κ2) is 14.4. The Morgan fingerprint density at radius 3 is 2.15 bits per heavy atom. The average molecular weight is 188 g/mol. The number of rotatable bonds is 2. The fourth-order valence-electron chi connectivity index (χ4n) is 1.34. The van der Waals surface area contributed by atoms with Crippen LogP contribution in [0.5, 0.6) is 0 Å². The largest absolute Gasteiger partial charge is 0.318 e. The summed E-state index contributed by atoms with van der Waals surface area (Å²) in [6, 6.07) is 0.740. The molecule has 1 atom stereocenters. The number of likely N-dealkylation sites (N-methyl/N-ethyl adjacent to an activating group) is 1. The van der Waals surface area contributed by atoms with E-state index < -0.39 is 0 Å². The third-order valence-electron chi connectivity index (χ3n) is 1.86. The van der Waals surface area contributed by atoms with Gasteiger partial charge in [-0.05, 0) is 26.4 Å². The Kier molecular flexibility index (Phi) is 17.1. The van der Waals surface area contributed by atoms with Gasteiger partial charge in [-0.1, -0.05) is 34.1 Å². The van der Waals surface area contributed by atoms with Crippen LogP contribution in [-0.2, 0) is 0 Å². The predicted octanol–water partition coefficient (Wildman–Crippen LogP) is 2.40. The fraction of sp³-hybridized carbons (Fsp3) is 1.00. The first-order chi connectivity index (χ1) is 6.43. The summed E-state index contributed by atoms with van der Waals surface area (Å²) in [5.74, 6) is 0. The Morgan fingerprint density at radius 1 is 1.15 bits per heavy atom.